The minimum atomic E-state index is -0.437. The molecular formula is C17H23N3O3. The third-order valence-electron chi connectivity index (χ3n) is 3.77. The van der Waals surface area contributed by atoms with Crippen molar-refractivity contribution < 1.29 is 14.4 Å². The number of rotatable bonds is 4. The highest BCUT2D eigenvalue weighted by molar-refractivity contribution is 5.97. The van der Waals surface area contributed by atoms with Crippen molar-refractivity contribution in [2.24, 2.45) is 0 Å². The maximum atomic E-state index is 12.4. The van der Waals surface area contributed by atoms with Crippen LogP contribution in [0, 0.1) is 0 Å². The molecule has 3 amide bonds. The van der Waals surface area contributed by atoms with Gasteiger partial charge < -0.3 is 15.5 Å². The van der Waals surface area contributed by atoms with E-state index in [9.17, 15) is 14.4 Å². The van der Waals surface area contributed by atoms with Gasteiger partial charge in [0.2, 0.25) is 5.91 Å². The van der Waals surface area contributed by atoms with Gasteiger partial charge in [-0.2, -0.15) is 0 Å². The van der Waals surface area contributed by atoms with Crippen LogP contribution < -0.4 is 10.6 Å². The number of hydrogen-bond donors (Lipinski definition) is 2. The van der Waals surface area contributed by atoms with E-state index < -0.39 is 6.04 Å². The summed E-state index contributed by atoms with van der Waals surface area (Å²) in [6.45, 7) is 5.82. The molecule has 0 unspecified atom stereocenters. The van der Waals surface area contributed by atoms with Crippen molar-refractivity contribution in [1.82, 2.24) is 10.2 Å². The van der Waals surface area contributed by atoms with E-state index in [1.54, 1.807) is 29.2 Å². The maximum Gasteiger partial charge on any atom is 0.322 e. The average Bonchev–Trinajstić information content (AvgIpc) is 2.96. The Bertz CT molecular complexity index is 613. The minimum Gasteiger partial charge on any atom is -0.352 e. The normalized spacial score (nSPS) is 17.2. The lowest BCUT2D eigenvalue weighted by Crippen LogP contribution is -2.48. The van der Waals surface area contributed by atoms with E-state index in [0.717, 1.165) is 6.42 Å². The smallest absolute Gasteiger partial charge is 0.322 e. The summed E-state index contributed by atoms with van der Waals surface area (Å²) in [5, 5.41) is 5.62. The first-order valence-electron chi connectivity index (χ1n) is 7.87. The molecule has 0 saturated carbocycles. The van der Waals surface area contributed by atoms with Crippen LogP contribution >= 0.6 is 0 Å². The van der Waals surface area contributed by atoms with Gasteiger partial charge in [0.05, 0.1) is 0 Å². The average molecular weight is 317 g/mol. The number of Topliss-reactive ketones (excluding diaryl/α,β-unsaturated/α-hetero) is 1. The molecule has 1 aliphatic rings. The molecule has 1 aromatic rings. The van der Waals surface area contributed by atoms with E-state index in [-0.39, 0.29) is 23.8 Å². The van der Waals surface area contributed by atoms with Crippen molar-refractivity contribution in [2.45, 2.75) is 45.7 Å². The van der Waals surface area contributed by atoms with E-state index >= 15 is 0 Å². The first-order valence-corrected chi connectivity index (χ1v) is 7.87. The summed E-state index contributed by atoms with van der Waals surface area (Å²) in [6, 6.07) is 6.08. The number of anilines is 1. The Morgan fingerprint density at radius 1 is 1.26 bits per heavy atom. The molecule has 2 rings (SSSR count). The highest BCUT2D eigenvalue weighted by atomic mass is 16.2. The number of likely N-dealkylation sites (tertiary alicyclic amines) is 1. The fourth-order valence-corrected chi connectivity index (χ4v) is 2.67. The highest BCUT2D eigenvalue weighted by Crippen LogP contribution is 2.20. The van der Waals surface area contributed by atoms with E-state index in [4.69, 9.17) is 0 Å². The van der Waals surface area contributed by atoms with Crippen molar-refractivity contribution in [3.8, 4) is 0 Å². The topological polar surface area (TPSA) is 78.5 Å². The maximum absolute atomic E-state index is 12.4. The van der Waals surface area contributed by atoms with Gasteiger partial charge in [-0.15, -0.1) is 0 Å². The van der Waals surface area contributed by atoms with E-state index in [1.807, 2.05) is 13.8 Å². The number of carbonyl (C=O) groups is 3. The van der Waals surface area contributed by atoms with Crippen LogP contribution in [0.15, 0.2) is 24.3 Å². The molecule has 6 nitrogen and oxygen atoms in total. The zero-order chi connectivity index (χ0) is 17.0. The lowest BCUT2D eigenvalue weighted by molar-refractivity contribution is -0.125. The number of hydrogen-bond acceptors (Lipinski definition) is 3. The lowest BCUT2D eigenvalue weighted by Gasteiger charge is -2.25. The van der Waals surface area contributed by atoms with Gasteiger partial charge in [-0.25, -0.2) is 4.79 Å². The summed E-state index contributed by atoms with van der Waals surface area (Å²) in [5.74, 6) is -0.179. The fourth-order valence-electron chi connectivity index (χ4n) is 2.67. The number of amides is 3. The lowest BCUT2D eigenvalue weighted by atomic mass is 10.1. The van der Waals surface area contributed by atoms with Crippen LogP contribution in [-0.2, 0) is 4.79 Å². The second kappa shape index (κ2) is 7.26. The standard InChI is InChI=1S/C17H23N3O3/c1-11(2)18-16(22)15-8-5-9-20(15)17(23)19-14-7-4-6-13(10-14)12(3)21/h4,6-7,10-11,15H,5,8-9H2,1-3H3,(H,18,22)(H,19,23)/t15-/m1/s1. The van der Waals surface area contributed by atoms with Crippen LogP contribution in [0.4, 0.5) is 10.5 Å². The zero-order valence-corrected chi connectivity index (χ0v) is 13.8. The van der Waals surface area contributed by atoms with Crippen molar-refractivity contribution in [2.75, 3.05) is 11.9 Å². The number of nitrogens with zero attached hydrogens (tertiary/aromatic N) is 1. The summed E-state index contributed by atoms with van der Waals surface area (Å²) in [4.78, 5) is 37.6. The monoisotopic (exact) mass is 317 g/mol. The Morgan fingerprint density at radius 2 is 2.00 bits per heavy atom. The molecule has 124 valence electrons. The molecule has 0 aromatic heterocycles. The van der Waals surface area contributed by atoms with Crippen molar-refractivity contribution in [3.05, 3.63) is 29.8 Å². The molecule has 6 heteroatoms. The largest absolute Gasteiger partial charge is 0.352 e. The van der Waals surface area contributed by atoms with Crippen LogP contribution in [0.3, 0.4) is 0 Å². The van der Waals surface area contributed by atoms with E-state index in [1.165, 1.54) is 6.92 Å². The van der Waals surface area contributed by atoms with Gasteiger partial charge in [-0.3, -0.25) is 9.59 Å². The second-order valence-electron chi connectivity index (χ2n) is 6.08. The number of benzene rings is 1. The Hall–Kier alpha value is -2.37. The third kappa shape index (κ3) is 4.31. The predicted octanol–water partition coefficient (Wildman–Crippen LogP) is 2.41. The fraction of sp³-hybridized carbons (Fsp3) is 0.471. The van der Waals surface area contributed by atoms with E-state index in [0.29, 0.717) is 24.2 Å². The van der Waals surface area contributed by atoms with Crippen LogP contribution in [0.5, 0.6) is 0 Å². The van der Waals surface area contributed by atoms with Gasteiger partial charge in [0.15, 0.2) is 5.78 Å². The van der Waals surface area contributed by atoms with Crippen molar-refractivity contribution >= 4 is 23.4 Å². The molecule has 1 atom stereocenters. The number of ketones is 1. The van der Waals surface area contributed by atoms with E-state index in [2.05, 4.69) is 10.6 Å². The summed E-state index contributed by atoms with van der Waals surface area (Å²) in [6.07, 6.45) is 1.47. The van der Waals surface area contributed by atoms with Gasteiger partial charge >= 0.3 is 6.03 Å². The molecule has 1 fully saturated rings. The molecule has 0 aliphatic carbocycles. The summed E-state index contributed by atoms with van der Waals surface area (Å²) in [7, 11) is 0. The van der Waals surface area contributed by atoms with Crippen molar-refractivity contribution in [3.63, 3.8) is 0 Å². The Kier molecular flexibility index (Phi) is 5.36. The highest BCUT2D eigenvalue weighted by Gasteiger charge is 2.34. The summed E-state index contributed by atoms with van der Waals surface area (Å²) in [5.41, 5.74) is 1.09. The van der Waals surface area contributed by atoms with Gasteiger partial charge in [-0.1, -0.05) is 12.1 Å². The molecule has 1 aromatic carbocycles. The molecule has 23 heavy (non-hydrogen) atoms. The zero-order valence-electron chi connectivity index (χ0n) is 13.8. The molecule has 1 aliphatic heterocycles. The van der Waals surface area contributed by atoms with Crippen molar-refractivity contribution in [1.29, 1.82) is 0 Å². The molecule has 2 N–H and O–H groups in total. The Balaban J connectivity index is 2.06. The molecular weight excluding hydrogens is 294 g/mol. The van der Waals surface area contributed by atoms with Crippen LogP contribution in [-0.4, -0.2) is 41.2 Å². The second-order valence-corrected chi connectivity index (χ2v) is 6.08. The summed E-state index contributed by atoms with van der Waals surface area (Å²) < 4.78 is 0. The molecule has 0 bridgehead atoms. The number of urea groups is 1. The van der Waals surface area contributed by atoms with Gasteiger partial charge in [0.1, 0.15) is 6.04 Å². The Labute approximate surface area is 136 Å². The molecule has 0 spiro atoms. The van der Waals surface area contributed by atoms with Crippen LogP contribution in [0.1, 0.15) is 44.0 Å². The minimum absolute atomic E-state index is 0.0419. The Morgan fingerprint density at radius 3 is 2.65 bits per heavy atom. The number of nitrogens with one attached hydrogen (secondary N) is 2. The summed E-state index contributed by atoms with van der Waals surface area (Å²) >= 11 is 0. The quantitative estimate of drug-likeness (QED) is 0.837. The van der Waals surface area contributed by atoms with Crippen LogP contribution in [0.25, 0.3) is 0 Å². The van der Waals surface area contributed by atoms with Gasteiger partial charge in [0, 0.05) is 23.8 Å². The number of carbonyl (C=O) groups excluding carboxylic acids is 3. The predicted molar refractivity (Wildman–Crippen MR) is 88.5 cm³/mol. The molecule has 1 saturated heterocycles. The molecule has 0 radical (unpaired) electrons. The molecule has 1 heterocycles. The third-order valence-corrected chi connectivity index (χ3v) is 3.77. The first kappa shape index (κ1) is 17.0. The van der Waals surface area contributed by atoms with Gasteiger partial charge in [-0.05, 0) is 45.7 Å². The first-order chi connectivity index (χ1) is 10.9. The van der Waals surface area contributed by atoms with Crippen LogP contribution in [0.2, 0.25) is 0 Å². The SMILES string of the molecule is CC(=O)c1cccc(NC(=O)N2CCC[C@@H]2C(=O)NC(C)C)c1. The van der Waals surface area contributed by atoms with Gasteiger partial charge in [0.25, 0.3) is 0 Å².